The predicted molar refractivity (Wildman–Crippen MR) is 123 cm³/mol. The van der Waals surface area contributed by atoms with Gasteiger partial charge >= 0.3 is 6.03 Å². The van der Waals surface area contributed by atoms with Crippen molar-refractivity contribution in [1.29, 1.82) is 0 Å². The summed E-state index contributed by atoms with van der Waals surface area (Å²) in [5.74, 6) is -0.455. The van der Waals surface area contributed by atoms with E-state index in [4.69, 9.17) is 0 Å². The van der Waals surface area contributed by atoms with Gasteiger partial charge in [-0.15, -0.1) is 0 Å². The predicted octanol–water partition coefficient (Wildman–Crippen LogP) is 3.94. The van der Waals surface area contributed by atoms with Crippen molar-refractivity contribution in [2.75, 3.05) is 11.4 Å². The highest BCUT2D eigenvalue weighted by Crippen LogP contribution is 2.45. The summed E-state index contributed by atoms with van der Waals surface area (Å²) in [5.41, 5.74) is 2.73. The van der Waals surface area contributed by atoms with Crippen molar-refractivity contribution in [3.8, 4) is 0 Å². The van der Waals surface area contributed by atoms with E-state index in [0.29, 0.717) is 24.2 Å². The molecular weight excluding hydrogens is 404 g/mol. The van der Waals surface area contributed by atoms with E-state index < -0.39 is 5.54 Å². The van der Waals surface area contributed by atoms with Gasteiger partial charge < -0.3 is 15.2 Å². The third kappa shape index (κ3) is 2.77. The summed E-state index contributed by atoms with van der Waals surface area (Å²) < 4.78 is 0. The number of nitrogens with zero attached hydrogens (tertiary/aromatic N) is 2. The Balaban J connectivity index is 1.50. The quantitative estimate of drug-likeness (QED) is 0.615. The molecule has 3 aromatic rings. The lowest BCUT2D eigenvalue weighted by atomic mass is 9.87. The number of aromatic nitrogens is 1. The SMILES string of the molecule is CCC(C)NC(=O)c1ccc(N2C(=O)N3CCc4c([nH]c5ccccc45)C3(C)C2=O)cc1. The Labute approximate surface area is 186 Å². The van der Waals surface area contributed by atoms with E-state index in [1.807, 2.05) is 45.0 Å². The zero-order valence-electron chi connectivity index (χ0n) is 18.4. The van der Waals surface area contributed by atoms with Gasteiger partial charge in [0.15, 0.2) is 5.54 Å². The number of nitrogens with one attached hydrogen (secondary N) is 2. The summed E-state index contributed by atoms with van der Waals surface area (Å²) in [6, 6.07) is 14.3. The van der Waals surface area contributed by atoms with Crippen LogP contribution in [0.15, 0.2) is 48.5 Å². The first kappa shape index (κ1) is 20.3. The van der Waals surface area contributed by atoms with Crippen molar-refractivity contribution in [1.82, 2.24) is 15.2 Å². The zero-order chi connectivity index (χ0) is 22.6. The molecule has 0 bridgehead atoms. The van der Waals surface area contributed by atoms with Crippen LogP contribution in [0.2, 0.25) is 0 Å². The molecule has 2 atom stereocenters. The van der Waals surface area contributed by atoms with Gasteiger partial charge in [0.1, 0.15) is 0 Å². The number of hydrogen-bond acceptors (Lipinski definition) is 3. The first-order chi connectivity index (χ1) is 15.4. The van der Waals surface area contributed by atoms with Gasteiger partial charge in [0.2, 0.25) is 0 Å². The van der Waals surface area contributed by atoms with Gasteiger partial charge in [-0.1, -0.05) is 25.1 Å². The fraction of sp³-hybridized carbons (Fsp3) is 0.320. The number of rotatable bonds is 4. The Bertz CT molecular complexity index is 1250. The minimum atomic E-state index is -1.09. The van der Waals surface area contributed by atoms with E-state index >= 15 is 0 Å². The van der Waals surface area contributed by atoms with Gasteiger partial charge in [-0.05, 0) is 62.6 Å². The molecule has 4 amide bonds. The number of fused-ring (bicyclic) bond motifs is 5. The van der Waals surface area contributed by atoms with Crippen LogP contribution in [0.4, 0.5) is 10.5 Å². The number of anilines is 1. The number of para-hydroxylation sites is 1. The van der Waals surface area contributed by atoms with E-state index in [0.717, 1.165) is 28.6 Å². The van der Waals surface area contributed by atoms with E-state index in [9.17, 15) is 14.4 Å². The van der Waals surface area contributed by atoms with Crippen LogP contribution in [0.25, 0.3) is 10.9 Å². The summed E-state index contributed by atoms with van der Waals surface area (Å²) in [7, 11) is 0. The van der Waals surface area contributed by atoms with Gasteiger partial charge in [-0.25, -0.2) is 9.69 Å². The number of carbonyl (C=O) groups excluding carboxylic acids is 3. The Kier molecular flexibility index (Phi) is 4.58. The van der Waals surface area contributed by atoms with E-state index in [1.54, 1.807) is 29.2 Å². The Morgan fingerprint density at radius 1 is 1.16 bits per heavy atom. The van der Waals surface area contributed by atoms with E-state index in [2.05, 4.69) is 10.3 Å². The lowest BCUT2D eigenvalue weighted by Gasteiger charge is -2.35. The number of carbonyl (C=O) groups is 3. The van der Waals surface area contributed by atoms with Gasteiger partial charge in [-0.3, -0.25) is 9.59 Å². The van der Waals surface area contributed by atoms with Crippen molar-refractivity contribution in [3.05, 3.63) is 65.4 Å². The molecule has 2 aliphatic heterocycles. The summed E-state index contributed by atoms with van der Waals surface area (Å²) >= 11 is 0. The highest BCUT2D eigenvalue weighted by Gasteiger charge is 2.58. The number of H-pyrrole nitrogens is 1. The lowest BCUT2D eigenvalue weighted by molar-refractivity contribution is -0.125. The van der Waals surface area contributed by atoms with Gasteiger partial charge in [0.05, 0.1) is 11.4 Å². The number of hydrogen-bond donors (Lipinski definition) is 2. The molecule has 2 unspecified atom stereocenters. The molecule has 32 heavy (non-hydrogen) atoms. The van der Waals surface area contributed by atoms with Gasteiger partial charge in [0, 0.05) is 29.1 Å². The largest absolute Gasteiger partial charge is 0.356 e. The van der Waals surface area contributed by atoms with Crippen LogP contribution >= 0.6 is 0 Å². The smallest absolute Gasteiger partial charge is 0.332 e. The summed E-state index contributed by atoms with van der Waals surface area (Å²) in [4.78, 5) is 45.7. The molecule has 2 aliphatic rings. The van der Waals surface area contributed by atoms with Crippen molar-refractivity contribution in [2.45, 2.75) is 45.2 Å². The molecule has 164 valence electrons. The normalized spacial score (nSPS) is 21.0. The molecule has 0 spiro atoms. The molecule has 2 N–H and O–H groups in total. The Hall–Kier alpha value is -3.61. The maximum atomic E-state index is 13.7. The van der Waals surface area contributed by atoms with E-state index in [-0.39, 0.29) is 23.9 Å². The monoisotopic (exact) mass is 430 g/mol. The molecule has 0 radical (unpaired) electrons. The topological polar surface area (TPSA) is 85.5 Å². The zero-order valence-corrected chi connectivity index (χ0v) is 18.4. The second-order valence-electron chi connectivity index (χ2n) is 8.75. The van der Waals surface area contributed by atoms with Crippen LogP contribution in [0, 0.1) is 0 Å². The second kappa shape index (κ2) is 7.22. The number of aromatic amines is 1. The third-order valence-corrected chi connectivity index (χ3v) is 6.84. The van der Waals surface area contributed by atoms with Crippen molar-refractivity contribution >= 4 is 34.4 Å². The molecule has 0 saturated carbocycles. The minimum absolute atomic E-state index is 0.0743. The van der Waals surface area contributed by atoms with Crippen molar-refractivity contribution in [2.24, 2.45) is 0 Å². The molecule has 7 nitrogen and oxygen atoms in total. The molecule has 2 aromatic carbocycles. The first-order valence-electron chi connectivity index (χ1n) is 11.0. The van der Waals surface area contributed by atoms with Crippen LogP contribution in [-0.2, 0) is 16.8 Å². The summed E-state index contributed by atoms with van der Waals surface area (Å²) in [5, 5.41) is 4.02. The van der Waals surface area contributed by atoms with Crippen molar-refractivity contribution in [3.63, 3.8) is 0 Å². The maximum Gasteiger partial charge on any atom is 0.332 e. The molecule has 0 aliphatic carbocycles. The average molecular weight is 431 g/mol. The standard InChI is InChI=1S/C25H26N4O3/c1-4-15(2)26-22(30)16-9-11-17(12-10-16)29-23(31)25(3)21-19(13-14-28(25)24(29)32)18-7-5-6-8-20(18)27-21/h5-12,15,27H,4,13-14H2,1-3H3,(H,26,30). The number of amides is 4. The molecule has 1 fully saturated rings. The lowest BCUT2D eigenvalue weighted by Crippen LogP contribution is -2.49. The molecular formula is C25H26N4O3. The van der Waals surface area contributed by atoms with Crippen LogP contribution < -0.4 is 10.2 Å². The van der Waals surface area contributed by atoms with Crippen LogP contribution in [-0.4, -0.2) is 40.3 Å². The third-order valence-electron chi connectivity index (χ3n) is 6.84. The summed E-state index contributed by atoms with van der Waals surface area (Å²) in [6.45, 7) is 6.24. The Morgan fingerprint density at radius 3 is 2.59 bits per heavy atom. The number of imide groups is 1. The van der Waals surface area contributed by atoms with Crippen LogP contribution in [0.5, 0.6) is 0 Å². The van der Waals surface area contributed by atoms with Gasteiger partial charge in [-0.2, -0.15) is 0 Å². The second-order valence-corrected chi connectivity index (χ2v) is 8.75. The fourth-order valence-corrected chi connectivity index (χ4v) is 4.79. The van der Waals surface area contributed by atoms with E-state index in [1.165, 1.54) is 4.90 Å². The average Bonchev–Trinajstić information content (AvgIpc) is 3.28. The van der Waals surface area contributed by atoms with Crippen LogP contribution in [0.1, 0.15) is 48.8 Å². The molecule has 5 rings (SSSR count). The number of benzene rings is 2. The highest BCUT2D eigenvalue weighted by atomic mass is 16.2. The summed E-state index contributed by atoms with van der Waals surface area (Å²) in [6.07, 6.45) is 1.53. The highest BCUT2D eigenvalue weighted by molar-refractivity contribution is 6.23. The van der Waals surface area contributed by atoms with Gasteiger partial charge in [0.25, 0.3) is 11.8 Å². The molecule has 3 heterocycles. The first-order valence-corrected chi connectivity index (χ1v) is 11.0. The van der Waals surface area contributed by atoms with Crippen LogP contribution in [0.3, 0.4) is 0 Å². The molecule has 1 saturated heterocycles. The Morgan fingerprint density at radius 2 is 1.88 bits per heavy atom. The maximum absolute atomic E-state index is 13.7. The van der Waals surface area contributed by atoms with Crippen molar-refractivity contribution < 1.29 is 14.4 Å². The molecule has 7 heteroatoms. The number of urea groups is 1. The fourth-order valence-electron chi connectivity index (χ4n) is 4.79. The minimum Gasteiger partial charge on any atom is -0.356 e. The molecule has 1 aromatic heterocycles.